The summed E-state index contributed by atoms with van der Waals surface area (Å²) >= 11 is 1.40. The Morgan fingerprint density at radius 3 is 2.39 bits per heavy atom. The van der Waals surface area contributed by atoms with Crippen molar-refractivity contribution in [3.63, 3.8) is 0 Å². The third-order valence-electron chi connectivity index (χ3n) is 5.61. The Hall–Kier alpha value is -2.80. The summed E-state index contributed by atoms with van der Waals surface area (Å²) in [6.45, 7) is 6.22. The monoisotopic (exact) mass is 435 g/mol. The first-order valence-corrected chi connectivity index (χ1v) is 11.9. The number of aryl methyl sites for hydroxylation is 2. The van der Waals surface area contributed by atoms with E-state index in [4.69, 9.17) is 0 Å². The highest BCUT2D eigenvalue weighted by Crippen LogP contribution is 2.25. The maximum Gasteiger partial charge on any atom is 0.234 e. The molecular weight excluding hydrogens is 406 g/mol. The molecule has 1 N–H and O–H groups in total. The Kier molecular flexibility index (Phi) is 6.92. The minimum Gasteiger partial charge on any atom is -0.372 e. The van der Waals surface area contributed by atoms with Crippen LogP contribution in [0.15, 0.2) is 53.7 Å². The van der Waals surface area contributed by atoms with Gasteiger partial charge in [-0.15, -0.1) is 10.2 Å². The molecule has 3 aromatic rings. The lowest BCUT2D eigenvalue weighted by Crippen LogP contribution is -2.23. The molecular formula is C24H29N5OS. The van der Waals surface area contributed by atoms with E-state index < -0.39 is 0 Å². The fourth-order valence-corrected chi connectivity index (χ4v) is 4.73. The number of nitrogens with one attached hydrogen (secondary N) is 1. The van der Waals surface area contributed by atoms with Crippen LogP contribution in [0.5, 0.6) is 0 Å². The van der Waals surface area contributed by atoms with Crippen LogP contribution in [0.4, 0.5) is 11.4 Å². The second-order valence-electron chi connectivity index (χ2n) is 7.94. The van der Waals surface area contributed by atoms with Crippen molar-refractivity contribution in [3.05, 3.63) is 59.9 Å². The van der Waals surface area contributed by atoms with Gasteiger partial charge in [-0.1, -0.05) is 42.8 Å². The average Bonchev–Trinajstić information content (AvgIpc) is 2.96. The van der Waals surface area contributed by atoms with Gasteiger partial charge in [-0.3, -0.25) is 9.36 Å². The van der Waals surface area contributed by atoms with Crippen molar-refractivity contribution < 1.29 is 4.79 Å². The Labute approximate surface area is 188 Å². The Bertz CT molecular complexity index is 1020. The normalized spacial score (nSPS) is 14.3. The molecule has 1 amide bonds. The molecule has 1 fully saturated rings. The van der Waals surface area contributed by atoms with Gasteiger partial charge in [0.2, 0.25) is 5.91 Å². The Balaban J connectivity index is 1.36. The SMILES string of the molecule is Cc1ccccc1-n1c(C)nnc1SCC(=O)Nc1ccc(N2CCCCCC2)cc1. The average molecular weight is 436 g/mol. The van der Waals surface area contributed by atoms with Crippen molar-refractivity contribution in [1.29, 1.82) is 0 Å². The first-order chi connectivity index (χ1) is 15.1. The largest absolute Gasteiger partial charge is 0.372 e. The van der Waals surface area contributed by atoms with Crippen LogP contribution in [-0.4, -0.2) is 39.5 Å². The minimum absolute atomic E-state index is 0.0514. The second kappa shape index (κ2) is 10.0. The number of benzene rings is 2. The van der Waals surface area contributed by atoms with E-state index in [-0.39, 0.29) is 11.7 Å². The molecule has 0 unspecified atom stereocenters. The van der Waals surface area contributed by atoms with Gasteiger partial charge in [0.15, 0.2) is 5.16 Å². The Morgan fingerprint density at radius 1 is 0.968 bits per heavy atom. The molecule has 0 spiro atoms. The molecule has 31 heavy (non-hydrogen) atoms. The molecule has 0 saturated carbocycles. The molecule has 4 rings (SSSR count). The maximum absolute atomic E-state index is 12.5. The molecule has 1 aliphatic heterocycles. The van der Waals surface area contributed by atoms with E-state index in [1.165, 1.54) is 43.1 Å². The van der Waals surface area contributed by atoms with E-state index in [9.17, 15) is 4.79 Å². The van der Waals surface area contributed by atoms with Crippen LogP contribution >= 0.6 is 11.8 Å². The molecule has 0 radical (unpaired) electrons. The molecule has 1 aromatic heterocycles. The van der Waals surface area contributed by atoms with Crippen LogP contribution < -0.4 is 10.2 Å². The molecule has 1 aliphatic rings. The number of aromatic nitrogens is 3. The third kappa shape index (κ3) is 5.28. The summed E-state index contributed by atoms with van der Waals surface area (Å²) in [6, 6.07) is 16.3. The summed E-state index contributed by atoms with van der Waals surface area (Å²) in [5, 5.41) is 12.2. The van der Waals surface area contributed by atoms with Crippen LogP contribution in [0.25, 0.3) is 5.69 Å². The number of hydrogen-bond donors (Lipinski definition) is 1. The van der Waals surface area contributed by atoms with E-state index in [0.29, 0.717) is 0 Å². The van der Waals surface area contributed by atoms with Gasteiger partial charge in [0.25, 0.3) is 0 Å². The van der Waals surface area contributed by atoms with Gasteiger partial charge in [-0.2, -0.15) is 0 Å². The van der Waals surface area contributed by atoms with Crippen molar-refractivity contribution in [3.8, 4) is 5.69 Å². The lowest BCUT2D eigenvalue weighted by molar-refractivity contribution is -0.113. The molecule has 2 aromatic carbocycles. The fraction of sp³-hybridized carbons (Fsp3) is 0.375. The zero-order valence-corrected chi connectivity index (χ0v) is 19.0. The standard InChI is InChI=1S/C24H29N5OS/c1-18-9-5-6-10-22(18)29-19(2)26-27-24(29)31-17-23(30)25-20-11-13-21(14-12-20)28-15-7-3-4-8-16-28/h5-6,9-14H,3-4,7-8,15-17H2,1-2H3,(H,25,30). The van der Waals surface area contributed by atoms with Crippen LogP contribution in [-0.2, 0) is 4.79 Å². The zero-order valence-electron chi connectivity index (χ0n) is 18.2. The number of para-hydroxylation sites is 1. The topological polar surface area (TPSA) is 63.1 Å². The van der Waals surface area contributed by atoms with E-state index in [0.717, 1.165) is 41.0 Å². The minimum atomic E-state index is -0.0514. The number of carbonyl (C=O) groups is 1. The lowest BCUT2D eigenvalue weighted by atomic mass is 10.2. The van der Waals surface area contributed by atoms with Gasteiger partial charge in [-0.25, -0.2) is 0 Å². The van der Waals surface area contributed by atoms with E-state index in [1.54, 1.807) is 0 Å². The van der Waals surface area contributed by atoms with Gasteiger partial charge in [0.05, 0.1) is 11.4 Å². The predicted molar refractivity (Wildman–Crippen MR) is 127 cm³/mol. The van der Waals surface area contributed by atoms with Crippen LogP contribution in [0.3, 0.4) is 0 Å². The van der Waals surface area contributed by atoms with Gasteiger partial charge in [-0.05, 0) is 62.6 Å². The molecule has 2 heterocycles. The molecule has 0 atom stereocenters. The second-order valence-corrected chi connectivity index (χ2v) is 8.88. The maximum atomic E-state index is 12.5. The summed E-state index contributed by atoms with van der Waals surface area (Å²) < 4.78 is 2.00. The summed E-state index contributed by atoms with van der Waals surface area (Å²) in [5.41, 5.74) is 4.23. The number of nitrogens with zero attached hydrogens (tertiary/aromatic N) is 4. The first kappa shape index (κ1) is 21.4. The van der Waals surface area contributed by atoms with Crippen LogP contribution in [0.2, 0.25) is 0 Å². The Morgan fingerprint density at radius 2 is 1.68 bits per heavy atom. The lowest BCUT2D eigenvalue weighted by Gasteiger charge is -2.22. The highest BCUT2D eigenvalue weighted by atomic mass is 32.2. The summed E-state index contributed by atoms with van der Waals surface area (Å²) in [6.07, 6.45) is 5.14. The van der Waals surface area contributed by atoms with Crippen LogP contribution in [0.1, 0.15) is 37.1 Å². The summed E-state index contributed by atoms with van der Waals surface area (Å²) in [4.78, 5) is 15.0. The van der Waals surface area contributed by atoms with Crippen molar-refractivity contribution >= 4 is 29.0 Å². The number of amides is 1. The predicted octanol–water partition coefficient (Wildman–Crippen LogP) is 5.00. The zero-order chi connectivity index (χ0) is 21.6. The molecule has 0 bridgehead atoms. The van der Waals surface area contributed by atoms with Gasteiger partial charge >= 0.3 is 0 Å². The highest BCUT2D eigenvalue weighted by molar-refractivity contribution is 7.99. The van der Waals surface area contributed by atoms with E-state index >= 15 is 0 Å². The van der Waals surface area contributed by atoms with Crippen LogP contribution in [0, 0.1) is 13.8 Å². The van der Waals surface area contributed by atoms with Crippen molar-refractivity contribution in [2.24, 2.45) is 0 Å². The highest BCUT2D eigenvalue weighted by Gasteiger charge is 2.15. The molecule has 7 heteroatoms. The quantitative estimate of drug-likeness (QED) is 0.552. The van der Waals surface area contributed by atoms with Crippen molar-refractivity contribution in [2.75, 3.05) is 29.1 Å². The van der Waals surface area contributed by atoms with Gasteiger partial charge in [0.1, 0.15) is 5.82 Å². The van der Waals surface area contributed by atoms with E-state index in [2.05, 4.69) is 45.5 Å². The van der Waals surface area contributed by atoms with Crippen molar-refractivity contribution in [2.45, 2.75) is 44.7 Å². The van der Waals surface area contributed by atoms with E-state index in [1.807, 2.05) is 41.8 Å². The number of anilines is 2. The van der Waals surface area contributed by atoms with Gasteiger partial charge < -0.3 is 10.2 Å². The van der Waals surface area contributed by atoms with Gasteiger partial charge in [0, 0.05) is 24.5 Å². The molecule has 162 valence electrons. The number of rotatable bonds is 6. The van der Waals surface area contributed by atoms with Crippen molar-refractivity contribution in [1.82, 2.24) is 14.8 Å². The molecule has 6 nitrogen and oxygen atoms in total. The number of hydrogen-bond acceptors (Lipinski definition) is 5. The first-order valence-electron chi connectivity index (χ1n) is 10.9. The fourth-order valence-electron chi connectivity index (χ4n) is 3.94. The smallest absolute Gasteiger partial charge is 0.234 e. The summed E-state index contributed by atoms with van der Waals surface area (Å²) in [7, 11) is 0. The number of carbonyl (C=O) groups excluding carboxylic acids is 1. The third-order valence-corrected chi connectivity index (χ3v) is 6.54. The molecule has 0 aliphatic carbocycles. The number of thioether (sulfide) groups is 1. The summed E-state index contributed by atoms with van der Waals surface area (Å²) in [5.74, 6) is 1.03. The molecule has 1 saturated heterocycles.